The van der Waals surface area contributed by atoms with Gasteiger partial charge in [-0.3, -0.25) is 9.47 Å². The summed E-state index contributed by atoms with van der Waals surface area (Å²) in [6, 6.07) is 24.8. The molecule has 0 bridgehead atoms. The quantitative estimate of drug-likeness (QED) is 0.402. The first-order chi connectivity index (χ1) is 14.9. The van der Waals surface area contributed by atoms with E-state index in [0.717, 1.165) is 51.0 Å². The molecule has 30 heavy (non-hydrogen) atoms. The smallest absolute Gasteiger partial charge is 0.164 e. The van der Waals surface area contributed by atoms with E-state index in [0.29, 0.717) is 0 Å². The molecule has 1 N–H and O–H groups in total. The number of para-hydroxylation sites is 2. The van der Waals surface area contributed by atoms with Crippen molar-refractivity contribution in [1.82, 2.24) is 19.5 Å². The molecule has 142 valence electrons. The fourth-order valence-corrected chi connectivity index (χ4v) is 4.62. The van der Waals surface area contributed by atoms with Gasteiger partial charge in [-0.25, -0.2) is 15.0 Å². The van der Waals surface area contributed by atoms with Crippen molar-refractivity contribution in [3.63, 3.8) is 0 Å². The number of aromatic nitrogens is 4. The molecule has 2 aliphatic heterocycles. The summed E-state index contributed by atoms with van der Waals surface area (Å²) in [7, 11) is 0. The number of benzene rings is 2. The second kappa shape index (κ2) is 5.67. The van der Waals surface area contributed by atoms with Gasteiger partial charge in [0.2, 0.25) is 0 Å². The highest BCUT2D eigenvalue weighted by atomic mass is 15.4. The van der Waals surface area contributed by atoms with Gasteiger partial charge in [-0.1, -0.05) is 30.3 Å². The molecule has 2 aromatic carbocycles. The van der Waals surface area contributed by atoms with E-state index in [4.69, 9.17) is 9.97 Å². The van der Waals surface area contributed by atoms with Crippen molar-refractivity contribution >= 4 is 28.4 Å². The molecule has 1 atom stereocenters. The first kappa shape index (κ1) is 15.7. The van der Waals surface area contributed by atoms with Crippen molar-refractivity contribution < 1.29 is 0 Å². The molecular weight excluding hydrogens is 372 g/mol. The van der Waals surface area contributed by atoms with Crippen LogP contribution in [0.1, 0.15) is 11.7 Å². The van der Waals surface area contributed by atoms with E-state index in [-0.39, 0.29) is 6.17 Å². The van der Waals surface area contributed by atoms with E-state index < -0.39 is 0 Å². The number of rotatable bonds is 0. The van der Waals surface area contributed by atoms with Crippen LogP contribution in [0.15, 0.2) is 85.2 Å². The Morgan fingerprint density at radius 3 is 2.53 bits per heavy atom. The molecule has 0 aliphatic carbocycles. The minimum absolute atomic E-state index is 0.0819. The minimum Gasteiger partial charge on any atom is -0.358 e. The highest BCUT2D eigenvalue weighted by Gasteiger charge is 2.37. The molecule has 0 spiro atoms. The fraction of sp³-hybridized carbons (Fsp3) is 0.0417. The third kappa shape index (κ3) is 1.94. The van der Waals surface area contributed by atoms with E-state index in [1.54, 1.807) is 0 Å². The summed E-state index contributed by atoms with van der Waals surface area (Å²) in [5.74, 6) is 1.81. The van der Waals surface area contributed by atoms with Gasteiger partial charge >= 0.3 is 0 Å². The Balaban J connectivity index is 1.66. The van der Waals surface area contributed by atoms with Crippen LogP contribution in [0.25, 0.3) is 28.2 Å². The van der Waals surface area contributed by atoms with Gasteiger partial charge in [0, 0.05) is 23.5 Å². The van der Waals surface area contributed by atoms with E-state index in [1.165, 1.54) is 0 Å². The number of nitrogens with one attached hydrogen (secondary N) is 1. The molecule has 6 heteroatoms. The normalized spacial score (nSPS) is 15.9. The molecule has 5 heterocycles. The summed E-state index contributed by atoms with van der Waals surface area (Å²) in [5.41, 5.74) is 7.10. The number of pyridine rings is 2. The van der Waals surface area contributed by atoms with Crippen LogP contribution in [0, 0.1) is 0 Å². The first-order valence-electron chi connectivity index (χ1n) is 9.93. The largest absolute Gasteiger partial charge is 0.358 e. The van der Waals surface area contributed by atoms with Gasteiger partial charge in [0.25, 0.3) is 0 Å². The minimum atomic E-state index is -0.0819. The van der Waals surface area contributed by atoms with Crippen molar-refractivity contribution in [3.8, 4) is 17.1 Å². The molecule has 0 amide bonds. The van der Waals surface area contributed by atoms with E-state index in [9.17, 15) is 0 Å². The van der Waals surface area contributed by atoms with Crippen LogP contribution in [-0.4, -0.2) is 19.5 Å². The maximum absolute atomic E-state index is 5.00. The summed E-state index contributed by atoms with van der Waals surface area (Å²) in [6.07, 6.45) is 3.58. The van der Waals surface area contributed by atoms with Gasteiger partial charge in [-0.15, -0.1) is 0 Å². The van der Waals surface area contributed by atoms with Gasteiger partial charge in [-0.05, 0) is 42.5 Å². The van der Waals surface area contributed by atoms with Gasteiger partial charge in [0.15, 0.2) is 11.5 Å². The van der Waals surface area contributed by atoms with E-state index >= 15 is 0 Å². The SMILES string of the molecule is c1cnc2c(c1)NC1c3ccccc3-n3c(nc4cccnc43)-c3ccccc3N21. The lowest BCUT2D eigenvalue weighted by molar-refractivity contribution is 0.802. The topological polar surface area (TPSA) is 58.9 Å². The lowest BCUT2D eigenvalue weighted by atomic mass is 10.0. The third-order valence-corrected chi connectivity index (χ3v) is 5.86. The van der Waals surface area contributed by atoms with Crippen molar-refractivity contribution in [1.29, 1.82) is 0 Å². The zero-order valence-corrected chi connectivity index (χ0v) is 15.9. The van der Waals surface area contributed by atoms with Crippen LogP contribution in [0.5, 0.6) is 0 Å². The Labute approximate surface area is 172 Å². The molecule has 0 radical (unpaired) electrons. The molecule has 0 saturated heterocycles. The average molecular weight is 388 g/mol. The third-order valence-electron chi connectivity index (χ3n) is 5.86. The molecule has 6 nitrogen and oxygen atoms in total. The van der Waals surface area contributed by atoms with Gasteiger partial charge in [-0.2, -0.15) is 0 Å². The van der Waals surface area contributed by atoms with Crippen LogP contribution in [0.4, 0.5) is 17.2 Å². The fourth-order valence-electron chi connectivity index (χ4n) is 4.62. The van der Waals surface area contributed by atoms with Crippen LogP contribution >= 0.6 is 0 Å². The summed E-state index contributed by atoms with van der Waals surface area (Å²) >= 11 is 0. The summed E-state index contributed by atoms with van der Waals surface area (Å²) < 4.78 is 2.18. The zero-order chi connectivity index (χ0) is 19.7. The van der Waals surface area contributed by atoms with Crippen molar-refractivity contribution in [3.05, 3.63) is 90.8 Å². The Kier molecular flexibility index (Phi) is 2.97. The molecular formula is C24H16N6. The molecule has 5 aromatic rings. The zero-order valence-electron chi connectivity index (χ0n) is 15.9. The number of nitrogens with zero attached hydrogens (tertiary/aromatic N) is 5. The molecule has 2 aliphatic rings. The number of fused-ring (bicyclic) bond motifs is 12. The summed E-state index contributed by atoms with van der Waals surface area (Å²) in [4.78, 5) is 16.7. The first-order valence-corrected chi connectivity index (χ1v) is 9.93. The average Bonchev–Trinajstić information content (AvgIpc) is 3.36. The highest BCUT2D eigenvalue weighted by Crippen LogP contribution is 2.50. The number of imidazole rings is 1. The molecule has 1 unspecified atom stereocenters. The maximum Gasteiger partial charge on any atom is 0.164 e. The molecule has 7 rings (SSSR count). The van der Waals surface area contributed by atoms with Crippen molar-refractivity contribution in [2.24, 2.45) is 0 Å². The number of hydrogen-bond acceptors (Lipinski definition) is 5. The molecule has 0 fully saturated rings. The van der Waals surface area contributed by atoms with Gasteiger partial charge in [0.05, 0.1) is 17.1 Å². The molecule has 3 aromatic heterocycles. The van der Waals surface area contributed by atoms with Crippen molar-refractivity contribution in [2.75, 3.05) is 10.2 Å². The summed E-state index contributed by atoms with van der Waals surface area (Å²) in [5, 5.41) is 3.68. The number of hydrogen-bond donors (Lipinski definition) is 1. The Morgan fingerprint density at radius 1 is 0.767 bits per heavy atom. The monoisotopic (exact) mass is 388 g/mol. The van der Waals surface area contributed by atoms with Gasteiger partial charge in [0.1, 0.15) is 17.5 Å². The molecule has 0 saturated carbocycles. The lowest BCUT2D eigenvalue weighted by Gasteiger charge is -2.32. The standard InChI is InChI=1S/C24H16N6/c1-3-11-19-15(7-1)21-27-17-9-5-14-26-24(17)30(21)20-12-4-2-8-16(20)22-28-18-10-6-13-25-23(18)29(19)22/h1-14,21,27H. The second-order valence-corrected chi connectivity index (χ2v) is 7.48. The lowest BCUT2D eigenvalue weighted by Crippen LogP contribution is -2.27. The van der Waals surface area contributed by atoms with Gasteiger partial charge < -0.3 is 5.32 Å². The Bertz CT molecular complexity index is 1450. The highest BCUT2D eigenvalue weighted by molar-refractivity contribution is 5.91. The van der Waals surface area contributed by atoms with Crippen LogP contribution in [0.2, 0.25) is 0 Å². The predicted octanol–water partition coefficient (Wildman–Crippen LogP) is 5.06. The Hall–Kier alpha value is -4.19. The summed E-state index contributed by atoms with van der Waals surface area (Å²) in [6.45, 7) is 0. The van der Waals surface area contributed by atoms with E-state index in [2.05, 4.69) is 74.4 Å². The van der Waals surface area contributed by atoms with Crippen LogP contribution in [0.3, 0.4) is 0 Å². The number of anilines is 3. The second-order valence-electron chi connectivity index (χ2n) is 7.48. The predicted molar refractivity (Wildman–Crippen MR) is 117 cm³/mol. The Morgan fingerprint density at radius 2 is 1.57 bits per heavy atom. The van der Waals surface area contributed by atoms with E-state index in [1.807, 2.05) is 30.6 Å². The maximum atomic E-state index is 5.00. The van der Waals surface area contributed by atoms with Crippen LogP contribution in [-0.2, 0) is 0 Å². The van der Waals surface area contributed by atoms with Crippen molar-refractivity contribution in [2.45, 2.75) is 6.17 Å². The van der Waals surface area contributed by atoms with Crippen LogP contribution < -0.4 is 10.2 Å².